The number of hydrogen-bond donors (Lipinski definition) is 0. The molecule has 0 saturated heterocycles. The van der Waals surface area contributed by atoms with E-state index in [0.29, 0.717) is 19.3 Å². The van der Waals surface area contributed by atoms with Crippen molar-refractivity contribution >= 4 is 17.9 Å². The predicted octanol–water partition coefficient (Wildman–Crippen LogP) is 18.7. The van der Waals surface area contributed by atoms with Crippen LogP contribution in [0.1, 0.15) is 318 Å². The number of rotatable bonds is 51. The molecule has 380 valence electrons. The minimum atomic E-state index is -0.764. The van der Waals surface area contributed by atoms with Crippen molar-refractivity contribution in [2.45, 2.75) is 324 Å². The van der Waals surface area contributed by atoms with Gasteiger partial charge in [0.15, 0.2) is 6.10 Å². The highest BCUT2D eigenvalue weighted by Crippen LogP contribution is 2.19. The summed E-state index contributed by atoms with van der Waals surface area (Å²) in [5.41, 5.74) is 0. The second-order valence-electron chi connectivity index (χ2n) is 21.1. The third kappa shape index (κ3) is 49.8. The zero-order valence-corrected chi connectivity index (χ0v) is 44.1. The summed E-state index contributed by atoms with van der Waals surface area (Å²) in [6.45, 7) is 13.8. The van der Waals surface area contributed by atoms with Gasteiger partial charge in [0.25, 0.3) is 0 Å². The smallest absolute Gasteiger partial charge is 0.306 e. The zero-order chi connectivity index (χ0) is 47.0. The maximum absolute atomic E-state index is 12.9. The molecule has 0 fully saturated rings. The summed E-state index contributed by atoms with van der Waals surface area (Å²) in [6.07, 6.45) is 50.9. The highest BCUT2D eigenvalue weighted by Gasteiger charge is 2.19. The Balaban J connectivity index is 4.30. The highest BCUT2D eigenvalue weighted by molar-refractivity contribution is 5.71. The Labute approximate surface area is 399 Å². The van der Waals surface area contributed by atoms with E-state index >= 15 is 0 Å². The highest BCUT2D eigenvalue weighted by atomic mass is 16.6. The molecule has 2 atom stereocenters. The Morgan fingerprint density at radius 1 is 0.312 bits per heavy atom. The largest absolute Gasteiger partial charge is 0.462 e. The fourth-order valence-corrected chi connectivity index (χ4v) is 8.79. The van der Waals surface area contributed by atoms with E-state index in [2.05, 4.69) is 41.5 Å². The van der Waals surface area contributed by atoms with Crippen LogP contribution < -0.4 is 0 Å². The molecule has 0 aromatic rings. The van der Waals surface area contributed by atoms with Gasteiger partial charge in [0.2, 0.25) is 0 Å². The van der Waals surface area contributed by atoms with Gasteiger partial charge in [-0.15, -0.1) is 0 Å². The summed E-state index contributed by atoms with van der Waals surface area (Å²) in [5, 5.41) is 0. The molecule has 0 aliphatic carbocycles. The predicted molar refractivity (Wildman–Crippen MR) is 275 cm³/mol. The Morgan fingerprint density at radius 2 is 0.547 bits per heavy atom. The van der Waals surface area contributed by atoms with E-state index in [1.807, 2.05) is 0 Å². The van der Waals surface area contributed by atoms with E-state index in [0.717, 1.165) is 75.5 Å². The molecule has 6 nitrogen and oxygen atoms in total. The molecule has 0 heterocycles. The molecular weight excluding hydrogens is 793 g/mol. The molecule has 0 amide bonds. The summed E-state index contributed by atoms with van der Waals surface area (Å²) in [5.74, 6) is 1.69. The molecule has 0 aliphatic rings. The normalized spacial score (nSPS) is 12.6. The molecule has 0 rings (SSSR count). The number of carbonyl (C=O) groups excluding carboxylic acids is 3. The van der Waals surface area contributed by atoms with Crippen LogP contribution in [-0.2, 0) is 28.6 Å². The van der Waals surface area contributed by atoms with Crippen molar-refractivity contribution < 1.29 is 28.6 Å². The van der Waals surface area contributed by atoms with Crippen LogP contribution in [-0.4, -0.2) is 37.2 Å². The van der Waals surface area contributed by atoms with Gasteiger partial charge in [0.05, 0.1) is 0 Å². The summed E-state index contributed by atoms with van der Waals surface area (Å²) < 4.78 is 16.9. The molecule has 0 aromatic heterocycles. The van der Waals surface area contributed by atoms with Gasteiger partial charge in [0.1, 0.15) is 13.2 Å². The first kappa shape index (κ1) is 62.4. The lowest BCUT2D eigenvalue weighted by atomic mass is 9.99. The molecule has 0 aromatic carbocycles. The van der Waals surface area contributed by atoms with Gasteiger partial charge in [0, 0.05) is 19.3 Å². The zero-order valence-electron chi connectivity index (χ0n) is 44.1. The van der Waals surface area contributed by atoms with Crippen LogP contribution in [0, 0.1) is 17.8 Å². The number of ether oxygens (including phenoxy) is 3. The monoisotopic (exact) mass is 905 g/mol. The third-order valence-corrected chi connectivity index (χ3v) is 13.5. The van der Waals surface area contributed by atoms with Crippen molar-refractivity contribution in [2.75, 3.05) is 13.2 Å². The Hall–Kier alpha value is -1.59. The molecule has 6 heteroatoms. The average molecular weight is 906 g/mol. The van der Waals surface area contributed by atoms with E-state index in [4.69, 9.17) is 14.2 Å². The number of carbonyl (C=O) groups is 3. The molecule has 0 N–H and O–H groups in total. The molecule has 0 saturated carbocycles. The van der Waals surface area contributed by atoms with Gasteiger partial charge in [-0.05, 0) is 37.0 Å². The maximum Gasteiger partial charge on any atom is 0.306 e. The van der Waals surface area contributed by atoms with Gasteiger partial charge >= 0.3 is 17.9 Å². The van der Waals surface area contributed by atoms with E-state index in [1.54, 1.807) is 0 Å². The van der Waals surface area contributed by atoms with Crippen LogP contribution in [0.2, 0.25) is 0 Å². The molecule has 0 bridgehead atoms. The van der Waals surface area contributed by atoms with Gasteiger partial charge < -0.3 is 14.2 Å². The lowest BCUT2D eigenvalue weighted by Crippen LogP contribution is -2.30. The summed E-state index contributed by atoms with van der Waals surface area (Å²) in [7, 11) is 0. The van der Waals surface area contributed by atoms with Crippen LogP contribution in [0.4, 0.5) is 0 Å². The minimum absolute atomic E-state index is 0.0640. The van der Waals surface area contributed by atoms with E-state index in [1.165, 1.54) is 199 Å². The quantitative estimate of drug-likeness (QED) is 0.0344. The molecule has 0 spiro atoms. The summed E-state index contributed by atoms with van der Waals surface area (Å²) >= 11 is 0. The summed E-state index contributed by atoms with van der Waals surface area (Å²) in [4.78, 5) is 38.1. The van der Waals surface area contributed by atoms with Gasteiger partial charge in [-0.25, -0.2) is 0 Å². The van der Waals surface area contributed by atoms with Crippen molar-refractivity contribution in [3.8, 4) is 0 Å². The van der Waals surface area contributed by atoms with Crippen molar-refractivity contribution in [1.82, 2.24) is 0 Å². The number of unbranched alkanes of at least 4 members (excludes halogenated alkanes) is 33. The second kappa shape index (κ2) is 49.3. The second-order valence-corrected chi connectivity index (χ2v) is 21.1. The van der Waals surface area contributed by atoms with Crippen molar-refractivity contribution in [1.29, 1.82) is 0 Å². The van der Waals surface area contributed by atoms with E-state index in [9.17, 15) is 14.4 Å². The number of esters is 3. The first-order chi connectivity index (χ1) is 31.1. The lowest BCUT2D eigenvalue weighted by Gasteiger charge is -2.18. The topological polar surface area (TPSA) is 78.9 Å². The Bertz CT molecular complexity index is 993. The fraction of sp³-hybridized carbons (Fsp3) is 0.948. The van der Waals surface area contributed by atoms with Crippen molar-refractivity contribution in [2.24, 2.45) is 17.8 Å². The fourth-order valence-electron chi connectivity index (χ4n) is 8.79. The SMILES string of the molecule is CCC(C)CCCCCCCCCCCCC(=O)OC[C@@H](COC(=O)CCCCCCCCCCCCC(C)C)OC(=O)CCCCCCCCCCCCCCCCCCC(C)C. The van der Waals surface area contributed by atoms with Crippen LogP contribution in [0.3, 0.4) is 0 Å². The van der Waals surface area contributed by atoms with E-state index < -0.39 is 6.10 Å². The van der Waals surface area contributed by atoms with Gasteiger partial charge in [-0.1, -0.05) is 279 Å². The average Bonchev–Trinajstić information content (AvgIpc) is 3.27. The Morgan fingerprint density at radius 3 is 0.812 bits per heavy atom. The summed E-state index contributed by atoms with van der Waals surface area (Å²) in [6, 6.07) is 0. The number of hydrogen-bond acceptors (Lipinski definition) is 6. The van der Waals surface area contributed by atoms with Crippen molar-refractivity contribution in [3.05, 3.63) is 0 Å². The van der Waals surface area contributed by atoms with Crippen LogP contribution in [0.5, 0.6) is 0 Å². The van der Waals surface area contributed by atoms with Crippen molar-refractivity contribution in [3.63, 3.8) is 0 Å². The van der Waals surface area contributed by atoms with Crippen LogP contribution in [0.15, 0.2) is 0 Å². The Kier molecular flexibility index (Phi) is 48.1. The van der Waals surface area contributed by atoms with Crippen LogP contribution >= 0.6 is 0 Å². The molecule has 0 radical (unpaired) electrons. The van der Waals surface area contributed by atoms with Gasteiger partial charge in [-0.3, -0.25) is 14.4 Å². The van der Waals surface area contributed by atoms with E-state index in [-0.39, 0.29) is 31.1 Å². The van der Waals surface area contributed by atoms with Gasteiger partial charge in [-0.2, -0.15) is 0 Å². The minimum Gasteiger partial charge on any atom is -0.462 e. The maximum atomic E-state index is 12.9. The standard InChI is InChI=1S/C58H112O6/c1-7-54(6)46-40-34-28-22-17-19-24-30-36-42-48-57(60)63-51-55(50-62-56(59)47-41-35-29-23-18-16-21-27-33-39-45-53(4)5)64-58(61)49-43-37-31-25-15-13-11-9-8-10-12-14-20-26-32-38-44-52(2)3/h52-55H,7-51H2,1-6H3/t54?,55-/m1/s1. The van der Waals surface area contributed by atoms with Crippen LogP contribution in [0.25, 0.3) is 0 Å². The molecular formula is C58H112O6. The lowest BCUT2D eigenvalue weighted by molar-refractivity contribution is -0.167. The third-order valence-electron chi connectivity index (χ3n) is 13.5. The first-order valence-electron chi connectivity index (χ1n) is 28.6. The molecule has 64 heavy (non-hydrogen) atoms. The molecule has 1 unspecified atom stereocenters. The first-order valence-corrected chi connectivity index (χ1v) is 28.6. The molecule has 0 aliphatic heterocycles.